The standard InChI is InChI=1S/C29H15F5O5S4.C22H16O4S4/c30-20-19(21(31)23(33)24(34)22(20)32)25(35)16-4-3-15(41-16)18-11-13-27(43-18)26-12(10-17(42-26)14-2-1-9-40-14)28-29(13,38-7-5-36-28)39-8-6-37-28;1-3-15(27-9-1)17-11-13-19(29-17)20-14(12-18(30-20)16-4-2-10-28-16)22-21(13,23-5-7-25-22)24-6-8-26-22/h1-4,9-11H,5-8H2;1-4,9-12H,5-8H2. The average Bonchev–Trinajstić information content (AvgIpc) is 4.28. The van der Waals surface area contributed by atoms with Crippen molar-refractivity contribution in [2.45, 2.75) is 23.1 Å². The third-order valence-corrected chi connectivity index (χ3v) is 22.5. The quantitative estimate of drug-likeness (QED) is 0.0699. The molecule has 4 fully saturated rings. The first-order valence-corrected chi connectivity index (χ1v) is 29.3. The monoisotopic (exact) mass is 1140 g/mol. The van der Waals surface area contributed by atoms with Crippen molar-refractivity contribution in [2.24, 2.45) is 0 Å². The van der Waals surface area contributed by atoms with Gasteiger partial charge in [-0.15, -0.1) is 90.7 Å². The molecule has 0 bridgehead atoms. The molecule has 9 nitrogen and oxygen atoms in total. The Morgan fingerprint density at radius 3 is 0.973 bits per heavy atom. The van der Waals surface area contributed by atoms with E-state index in [-0.39, 0.29) is 31.3 Å². The van der Waals surface area contributed by atoms with E-state index < -0.39 is 63.6 Å². The number of carbonyl (C=O) groups is 1. The van der Waals surface area contributed by atoms with Gasteiger partial charge < -0.3 is 37.9 Å². The lowest BCUT2D eigenvalue weighted by Gasteiger charge is -2.55. The summed E-state index contributed by atoms with van der Waals surface area (Å²) in [5.74, 6) is -17.2. The van der Waals surface area contributed by atoms with Crippen molar-refractivity contribution in [2.75, 3.05) is 52.9 Å². The number of halogens is 5. The average molecular weight is 1140 g/mol. The number of ether oxygens (including phenoxy) is 8. The molecule has 0 atom stereocenters. The number of benzene rings is 1. The summed E-state index contributed by atoms with van der Waals surface area (Å²) < 4.78 is 121. The zero-order chi connectivity index (χ0) is 49.4. The van der Waals surface area contributed by atoms with Crippen LogP contribution in [0.15, 0.2) is 88.9 Å². The molecule has 22 heteroatoms. The van der Waals surface area contributed by atoms with Crippen LogP contribution in [0.2, 0.25) is 0 Å². The van der Waals surface area contributed by atoms with Crippen molar-refractivity contribution in [3.8, 4) is 58.5 Å². The van der Waals surface area contributed by atoms with E-state index in [4.69, 9.17) is 37.9 Å². The highest BCUT2D eigenvalue weighted by Crippen LogP contribution is 2.66. The van der Waals surface area contributed by atoms with Crippen molar-refractivity contribution in [1.82, 2.24) is 0 Å². The van der Waals surface area contributed by atoms with E-state index in [1.165, 1.54) is 46.7 Å². The van der Waals surface area contributed by atoms with Gasteiger partial charge in [-0.05, 0) is 70.7 Å². The van der Waals surface area contributed by atoms with Gasteiger partial charge in [0, 0.05) is 61.3 Å². The Morgan fingerprint density at radius 1 is 0.370 bits per heavy atom. The van der Waals surface area contributed by atoms with Gasteiger partial charge in [0.2, 0.25) is 11.6 Å². The van der Waals surface area contributed by atoms with Crippen LogP contribution in [0.4, 0.5) is 22.0 Å². The van der Waals surface area contributed by atoms with Crippen molar-refractivity contribution in [3.05, 3.63) is 151 Å². The maximum Gasteiger partial charge on any atom is 0.257 e. The maximum absolute atomic E-state index is 14.4. The molecule has 4 saturated heterocycles. The Bertz CT molecular complexity index is 3480. The second kappa shape index (κ2) is 17.7. The Kier molecular flexibility index (Phi) is 11.5. The van der Waals surface area contributed by atoms with E-state index in [1.807, 2.05) is 29.6 Å². The molecule has 372 valence electrons. The molecule has 2 aliphatic carbocycles. The number of hydrogen-bond acceptors (Lipinski definition) is 17. The molecule has 1 aromatic carbocycles. The summed E-state index contributed by atoms with van der Waals surface area (Å²) in [7, 11) is 0. The molecule has 6 aliphatic rings. The predicted octanol–water partition coefficient (Wildman–Crippen LogP) is 14.6. The summed E-state index contributed by atoms with van der Waals surface area (Å²) in [4.78, 5) is 25.2. The van der Waals surface area contributed by atoms with Crippen LogP contribution in [0.25, 0.3) is 58.5 Å². The molecular formula is C51H31F5O9S8. The lowest BCUT2D eigenvalue weighted by atomic mass is 9.83. The van der Waals surface area contributed by atoms with E-state index in [2.05, 4.69) is 47.2 Å². The number of carbonyl (C=O) groups excluding carboxylic acids is 1. The van der Waals surface area contributed by atoms with Gasteiger partial charge in [-0.3, -0.25) is 4.79 Å². The SMILES string of the molecule is O=C(c1ccc(-c2cc3c(s2)-c2sc(-c4cccs4)cc2C24OCCOC32OCCO4)s1)c1c(F)c(F)c(F)c(F)c1F.c1csc(-c2cc3c(s2)-c2sc(-c4cccs4)cc2C24OCCOC32OCCO4)c1. The molecule has 0 N–H and O–H groups in total. The molecule has 0 spiro atoms. The highest BCUT2D eigenvalue weighted by atomic mass is 32.1. The van der Waals surface area contributed by atoms with Crippen LogP contribution >= 0.6 is 90.7 Å². The van der Waals surface area contributed by atoms with Gasteiger partial charge in [-0.1, -0.05) is 18.2 Å². The maximum atomic E-state index is 14.4. The van der Waals surface area contributed by atoms with Gasteiger partial charge in [0.25, 0.3) is 23.1 Å². The lowest BCUT2D eigenvalue weighted by molar-refractivity contribution is -0.483. The minimum absolute atomic E-state index is 0.191. The lowest BCUT2D eigenvalue weighted by Crippen LogP contribution is -2.63. The minimum Gasteiger partial charge on any atom is -0.339 e. The van der Waals surface area contributed by atoms with Crippen molar-refractivity contribution < 1.29 is 64.6 Å². The van der Waals surface area contributed by atoms with Gasteiger partial charge in [-0.25, -0.2) is 22.0 Å². The smallest absolute Gasteiger partial charge is 0.257 e. The summed E-state index contributed by atoms with van der Waals surface area (Å²) >= 11 is 12.6. The molecule has 0 radical (unpaired) electrons. The zero-order valence-corrected chi connectivity index (χ0v) is 43.7. The molecule has 15 rings (SSSR count). The third kappa shape index (κ3) is 6.80. The molecule has 12 heterocycles. The first-order chi connectivity index (χ1) is 35.6. The van der Waals surface area contributed by atoms with Crippen LogP contribution in [0.5, 0.6) is 0 Å². The van der Waals surface area contributed by atoms with E-state index in [0.29, 0.717) is 41.7 Å². The molecule has 4 aliphatic heterocycles. The molecule has 0 saturated carbocycles. The van der Waals surface area contributed by atoms with Gasteiger partial charge in [0.15, 0.2) is 23.3 Å². The topological polar surface area (TPSA) is 90.9 Å². The minimum atomic E-state index is -2.32. The molecule has 0 unspecified atom stereocenters. The zero-order valence-electron chi connectivity index (χ0n) is 37.1. The fourth-order valence-electron chi connectivity index (χ4n) is 10.2. The molecule has 9 aromatic rings. The van der Waals surface area contributed by atoms with Crippen LogP contribution in [0.3, 0.4) is 0 Å². The van der Waals surface area contributed by atoms with Gasteiger partial charge in [0.05, 0.1) is 77.2 Å². The highest BCUT2D eigenvalue weighted by molar-refractivity contribution is 7.29. The van der Waals surface area contributed by atoms with E-state index >= 15 is 0 Å². The number of fused-ring (bicyclic) bond motifs is 6. The Hall–Kier alpha value is -4.18. The van der Waals surface area contributed by atoms with Crippen molar-refractivity contribution >= 4 is 96.5 Å². The van der Waals surface area contributed by atoms with Crippen LogP contribution in [-0.2, 0) is 61.0 Å². The summed E-state index contributed by atoms with van der Waals surface area (Å²) in [6, 6.07) is 23.7. The molecule has 0 amide bonds. The molecular weight excluding hydrogens is 1110 g/mol. The fraction of sp³-hybridized carbons (Fsp3) is 0.235. The van der Waals surface area contributed by atoms with Crippen molar-refractivity contribution in [1.29, 1.82) is 0 Å². The van der Waals surface area contributed by atoms with Gasteiger partial charge in [0.1, 0.15) is 5.56 Å². The Morgan fingerprint density at radius 2 is 0.671 bits per heavy atom. The number of ketones is 1. The predicted molar refractivity (Wildman–Crippen MR) is 273 cm³/mol. The normalized spacial score (nSPS) is 24.5. The second-order valence-corrected chi connectivity index (χ2v) is 25.2. The second-order valence-electron chi connectivity index (χ2n) is 17.0. The van der Waals surface area contributed by atoms with Crippen molar-refractivity contribution in [3.63, 3.8) is 0 Å². The summed E-state index contributed by atoms with van der Waals surface area (Å²) in [6.07, 6.45) is 0. The van der Waals surface area contributed by atoms with E-state index in [9.17, 15) is 26.7 Å². The number of rotatable bonds is 6. The third-order valence-electron chi connectivity index (χ3n) is 13.2. The van der Waals surface area contributed by atoms with E-state index in [0.717, 1.165) is 47.5 Å². The molecule has 73 heavy (non-hydrogen) atoms. The largest absolute Gasteiger partial charge is 0.339 e. The first-order valence-electron chi connectivity index (χ1n) is 22.5. The summed E-state index contributed by atoms with van der Waals surface area (Å²) in [6.45, 7) is 3.00. The molecule has 8 aromatic heterocycles. The van der Waals surface area contributed by atoms with Crippen LogP contribution in [0.1, 0.15) is 37.5 Å². The summed E-state index contributed by atoms with van der Waals surface area (Å²) in [5.41, 5.74) is 2.03. The number of thiophene rings is 8. The Balaban J connectivity index is 0.000000144. The fourth-order valence-corrected chi connectivity index (χ4v) is 18.8. The van der Waals surface area contributed by atoms with Crippen LogP contribution in [-0.4, -0.2) is 58.6 Å². The van der Waals surface area contributed by atoms with Crippen LogP contribution in [0, 0.1) is 29.1 Å². The number of hydrogen-bond donors (Lipinski definition) is 0. The highest BCUT2D eigenvalue weighted by Gasteiger charge is 2.69. The summed E-state index contributed by atoms with van der Waals surface area (Å²) in [5, 5.41) is 6.22. The van der Waals surface area contributed by atoms with Gasteiger partial charge in [-0.2, -0.15) is 0 Å². The van der Waals surface area contributed by atoms with Gasteiger partial charge >= 0.3 is 0 Å². The van der Waals surface area contributed by atoms with Crippen LogP contribution < -0.4 is 0 Å². The Labute approximate surface area is 443 Å². The first kappa shape index (κ1) is 47.3. The van der Waals surface area contributed by atoms with E-state index in [1.54, 1.807) is 74.1 Å².